The summed E-state index contributed by atoms with van der Waals surface area (Å²) in [6.45, 7) is 0.705. The summed E-state index contributed by atoms with van der Waals surface area (Å²) in [6.07, 6.45) is 4.10. The van der Waals surface area contributed by atoms with Gasteiger partial charge in [-0.2, -0.15) is 0 Å². The predicted molar refractivity (Wildman–Crippen MR) is 46.7 cm³/mol. The average molecular weight is 271 g/mol. The van der Waals surface area contributed by atoms with Crippen LogP contribution in [0.3, 0.4) is 0 Å². The number of rotatable bonds is 0. The van der Waals surface area contributed by atoms with E-state index in [2.05, 4.69) is 6.08 Å². The van der Waals surface area contributed by atoms with Crippen molar-refractivity contribution in [2.75, 3.05) is 6.61 Å². The quantitative estimate of drug-likeness (QED) is 0.652. The Labute approximate surface area is 94.0 Å². The van der Waals surface area contributed by atoms with Crippen LogP contribution in [0, 0.1) is 0 Å². The van der Waals surface area contributed by atoms with Crippen molar-refractivity contribution in [3.8, 4) is 5.75 Å². The average Bonchev–Trinajstić information content (AvgIpc) is 2.05. The number of para-hydroxylation sites is 1. The molecule has 1 aromatic carbocycles. The predicted octanol–water partition coefficient (Wildman–Crippen LogP) is 1.71. The van der Waals surface area contributed by atoms with Crippen molar-refractivity contribution in [3.63, 3.8) is 0 Å². The second-order valence-electron chi connectivity index (χ2n) is 2.25. The number of hydrogen-bond donors (Lipinski definition) is 0. The van der Waals surface area contributed by atoms with Gasteiger partial charge in [0.2, 0.25) is 0 Å². The van der Waals surface area contributed by atoms with Gasteiger partial charge in [0.15, 0.2) is 0 Å². The van der Waals surface area contributed by atoms with Crippen LogP contribution < -0.4 is 4.74 Å². The second kappa shape index (κ2) is 5.48. The van der Waals surface area contributed by atoms with Crippen molar-refractivity contribution in [2.24, 2.45) is 0 Å². The molecule has 0 spiro atoms. The Morgan fingerprint density at radius 1 is 1.17 bits per heavy atom. The van der Waals surface area contributed by atoms with E-state index in [-0.39, 0.29) is 35.0 Å². The van der Waals surface area contributed by atoms with Crippen molar-refractivity contribution in [1.29, 1.82) is 0 Å². The molecule has 0 saturated heterocycles. The van der Waals surface area contributed by atoms with Crippen molar-refractivity contribution >= 4 is 24.0 Å². The number of benzene rings is 1. The third-order valence-electron chi connectivity index (χ3n) is 1.55. The zero-order valence-corrected chi connectivity index (χ0v) is 9.15. The van der Waals surface area contributed by atoms with Crippen LogP contribution in [0.15, 0.2) is 30.3 Å². The van der Waals surface area contributed by atoms with Crippen LogP contribution in [-0.2, 0) is 17.1 Å². The molecule has 2 rings (SSSR count). The maximum Gasteiger partial charge on any atom is 0.126 e. The molecule has 4 radical (unpaired) electrons. The molecule has 0 N–H and O–H groups in total. The molecule has 0 amide bonds. The van der Waals surface area contributed by atoms with Gasteiger partial charge in [-0.3, -0.25) is 0 Å². The van der Waals surface area contributed by atoms with E-state index < -0.39 is 0 Å². The fraction of sp³-hybridized carbons (Fsp3) is 0.111. The van der Waals surface area contributed by atoms with E-state index in [9.17, 15) is 0 Å². The molecule has 0 aromatic heterocycles. The first-order chi connectivity index (χ1) is 4.97. The number of fused-ring (bicyclic) bond motifs is 1. The standard InChI is InChI=1S/C9H8O.As.Cu/c1-2-6-9-8(4-1)5-3-7-10-9;;/h1-6H,7H2;;. The molecule has 1 aliphatic heterocycles. The smallest absolute Gasteiger partial charge is 0.126 e. The molecule has 1 aliphatic rings. The first kappa shape index (κ1) is 11.8. The van der Waals surface area contributed by atoms with Crippen molar-refractivity contribution in [1.82, 2.24) is 0 Å². The van der Waals surface area contributed by atoms with Gasteiger partial charge in [0, 0.05) is 40.6 Å². The normalized spacial score (nSPS) is 11.7. The molecule has 3 heteroatoms. The topological polar surface area (TPSA) is 9.23 Å². The third-order valence-corrected chi connectivity index (χ3v) is 1.55. The van der Waals surface area contributed by atoms with Gasteiger partial charge in [-0.25, -0.2) is 0 Å². The maximum absolute atomic E-state index is 5.34. The largest absolute Gasteiger partial charge is 0.489 e. The van der Waals surface area contributed by atoms with Crippen LogP contribution in [0.25, 0.3) is 6.08 Å². The Hall–Kier alpha value is -0.162. The van der Waals surface area contributed by atoms with Crippen LogP contribution in [0.5, 0.6) is 5.75 Å². The van der Waals surface area contributed by atoms with E-state index in [0.29, 0.717) is 6.61 Å². The fourth-order valence-corrected chi connectivity index (χ4v) is 1.06. The Morgan fingerprint density at radius 3 is 2.67 bits per heavy atom. The van der Waals surface area contributed by atoms with Gasteiger partial charge in [-0.05, 0) is 12.1 Å². The SMILES string of the molecule is C1=Cc2ccccc2OC1.[As].[Cu]. The van der Waals surface area contributed by atoms with Gasteiger partial charge in [-0.15, -0.1) is 0 Å². The summed E-state index contributed by atoms with van der Waals surface area (Å²) in [5, 5.41) is 0. The summed E-state index contributed by atoms with van der Waals surface area (Å²) in [4.78, 5) is 0. The molecular weight excluding hydrogens is 263 g/mol. The van der Waals surface area contributed by atoms with Crippen LogP contribution in [0.4, 0.5) is 0 Å². The first-order valence-electron chi connectivity index (χ1n) is 3.35. The van der Waals surface area contributed by atoms with Crippen LogP contribution in [0.1, 0.15) is 5.56 Å². The zero-order valence-electron chi connectivity index (χ0n) is 6.33. The van der Waals surface area contributed by atoms with E-state index in [1.54, 1.807) is 0 Å². The van der Waals surface area contributed by atoms with Gasteiger partial charge in [0.05, 0.1) is 0 Å². The van der Waals surface area contributed by atoms with Crippen LogP contribution in [0.2, 0.25) is 0 Å². The van der Waals surface area contributed by atoms with Crippen LogP contribution in [-0.4, -0.2) is 24.6 Å². The Kier molecular flexibility index (Phi) is 5.40. The Morgan fingerprint density at radius 2 is 1.92 bits per heavy atom. The summed E-state index contributed by atoms with van der Waals surface area (Å²) in [6, 6.07) is 8.03. The molecular formula is C9H8AsCuO. The molecule has 0 fully saturated rings. The molecule has 0 unspecified atom stereocenters. The maximum atomic E-state index is 5.34. The summed E-state index contributed by atoms with van der Waals surface area (Å²) in [7, 11) is 0. The van der Waals surface area contributed by atoms with E-state index in [1.165, 1.54) is 5.56 Å². The minimum Gasteiger partial charge on any atom is -0.489 e. The van der Waals surface area contributed by atoms with Gasteiger partial charge < -0.3 is 4.74 Å². The molecule has 0 atom stereocenters. The van der Waals surface area contributed by atoms with Gasteiger partial charge in [0.25, 0.3) is 0 Å². The van der Waals surface area contributed by atoms with Crippen molar-refractivity contribution < 1.29 is 21.8 Å². The minimum absolute atomic E-state index is 0. The first-order valence-corrected chi connectivity index (χ1v) is 3.35. The third kappa shape index (κ3) is 2.41. The molecule has 0 bridgehead atoms. The Bertz CT molecular complexity index is 273. The summed E-state index contributed by atoms with van der Waals surface area (Å²) < 4.78 is 5.34. The summed E-state index contributed by atoms with van der Waals surface area (Å²) in [5.41, 5.74) is 1.17. The van der Waals surface area contributed by atoms with E-state index >= 15 is 0 Å². The van der Waals surface area contributed by atoms with E-state index in [0.717, 1.165) is 5.75 Å². The molecule has 12 heavy (non-hydrogen) atoms. The molecule has 0 saturated carbocycles. The number of hydrogen-bond acceptors (Lipinski definition) is 1. The van der Waals surface area contributed by atoms with Crippen LogP contribution >= 0.6 is 0 Å². The molecule has 1 aromatic rings. The molecule has 66 valence electrons. The number of ether oxygens (including phenoxy) is 1. The van der Waals surface area contributed by atoms with E-state index in [4.69, 9.17) is 4.74 Å². The van der Waals surface area contributed by atoms with Gasteiger partial charge in [0.1, 0.15) is 12.4 Å². The summed E-state index contributed by atoms with van der Waals surface area (Å²) >= 11 is 0. The monoisotopic (exact) mass is 270 g/mol. The molecule has 1 nitrogen and oxygen atoms in total. The Balaban J connectivity index is 0.000000605. The van der Waals surface area contributed by atoms with E-state index in [1.807, 2.05) is 30.3 Å². The van der Waals surface area contributed by atoms with Gasteiger partial charge >= 0.3 is 0 Å². The second-order valence-corrected chi connectivity index (χ2v) is 2.25. The zero-order chi connectivity index (χ0) is 6.81. The minimum atomic E-state index is 0. The van der Waals surface area contributed by atoms with Crippen molar-refractivity contribution in [3.05, 3.63) is 35.9 Å². The van der Waals surface area contributed by atoms with Crippen molar-refractivity contribution in [2.45, 2.75) is 0 Å². The van der Waals surface area contributed by atoms with Gasteiger partial charge in [-0.1, -0.05) is 24.3 Å². The fourth-order valence-electron chi connectivity index (χ4n) is 1.06. The molecule has 1 heterocycles. The summed E-state index contributed by atoms with van der Waals surface area (Å²) in [5.74, 6) is 0.991. The molecule has 0 aliphatic carbocycles.